The summed E-state index contributed by atoms with van der Waals surface area (Å²) in [5.74, 6) is 0.0158. The Bertz CT molecular complexity index is 654. The van der Waals surface area contributed by atoms with Crippen LogP contribution >= 0.6 is 0 Å². The molecule has 0 aromatic carbocycles. The summed E-state index contributed by atoms with van der Waals surface area (Å²) >= 11 is 0. The van der Waals surface area contributed by atoms with Crippen molar-refractivity contribution >= 4 is 11.8 Å². The van der Waals surface area contributed by atoms with E-state index >= 15 is 0 Å². The quantitative estimate of drug-likeness (QED) is 0.855. The molecule has 2 fully saturated rings. The first-order chi connectivity index (χ1) is 12.9. The molecule has 148 valence electrons. The number of piperidine rings is 2. The van der Waals surface area contributed by atoms with Crippen molar-refractivity contribution < 1.29 is 14.7 Å². The van der Waals surface area contributed by atoms with Crippen molar-refractivity contribution in [3.63, 3.8) is 0 Å². The van der Waals surface area contributed by atoms with Gasteiger partial charge in [-0.05, 0) is 48.6 Å². The summed E-state index contributed by atoms with van der Waals surface area (Å²) in [6, 6.07) is 3.97. The molecule has 2 amide bonds. The molecule has 2 aliphatic rings. The van der Waals surface area contributed by atoms with Crippen LogP contribution in [0.5, 0.6) is 0 Å². The van der Waals surface area contributed by atoms with Gasteiger partial charge in [-0.1, -0.05) is 19.9 Å². The number of likely N-dealkylation sites (tertiary alicyclic amines) is 2. The molecule has 6 heteroatoms. The zero-order chi connectivity index (χ0) is 19.4. The van der Waals surface area contributed by atoms with Crippen LogP contribution < -0.4 is 0 Å². The Morgan fingerprint density at radius 2 is 2.04 bits per heavy atom. The van der Waals surface area contributed by atoms with E-state index in [9.17, 15) is 14.7 Å². The molecular weight excluding hydrogens is 342 g/mol. The number of rotatable bonds is 5. The first-order valence-corrected chi connectivity index (χ1v) is 10.0. The Kier molecular flexibility index (Phi) is 6.15. The minimum Gasteiger partial charge on any atom is -0.383 e. The predicted molar refractivity (Wildman–Crippen MR) is 103 cm³/mol. The van der Waals surface area contributed by atoms with Gasteiger partial charge in [0.05, 0.1) is 0 Å². The fraction of sp³-hybridized carbons (Fsp3) is 0.667. The molecule has 0 saturated carbocycles. The van der Waals surface area contributed by atoms with E-state index in [2.05, 4.69) is 4.98 Å². The van der Waals surface area contributed by atoms with Gasteiger partial charge in [-0.15, -0.1) is 0 Å². The second-order valence-corrected chi connectivity index (χ2v) is 8.44. The van der Waals surface area contributed by atoms with E-state index in [4.69, 9.17) is 0 Å². The van der Waals surface area contributed by atoms with Gasteiger partial charge in [-0.2, -0.15) is 0 Å². The summed E-state index contributed by atoms with van der Waals surface area (Å²) in [6.45, 7) is 6.57. The molecule has 1 N–H and O–H groups in total. The van der Waals surface area contributed by atoms with Crippen LogP contribution in [0.3, 0.4) is 0 Å². The molecule has 0 bridgehead atoms. The number of hydrogen-bond donors (Lipinski definition) is 1. The summed E-state index contributed by atoms with van der Waals surface area (Å²) < 4.78 is 0. The zero-order valence-corrected chi connectivity index (χ0v) is 16.4. The lowest BCUT2D eigenvalue weighted by atomic mass is 9.72. The van der Waals surface area contributed by atoms with E-state index in [1.165, 1.54) is 0 Å². The standard InChI is InChI=1S/C21H31N3O3/c1-16(2)19(26)20(27)23-12-8-21(9-13-23)7-5-18(25)24(15-21)11-6-17-4-3-10-22-14-17/h3-4,10,14,16,19,26H,5-9,11-13,15H2,1-2H3/t19-/m0/s1. The second kappa shape index (κ2) is 8.38. The lowest BCUT2D eigenvalue weighted by Gasteiger charge is -2.47. The van der Waals surface area contributed by atoms with Crippen LogP contribution in [0.15, 0.2) is 24.5 Å². The third-order valence-electron chi connectivity index (χ3n) is 6.16. The third-order valence-corrected chi connectivity index (χ3v) is 6.16. The molecule has 1 atom stereocenters. The fourth-order valence-corrected chi connectivity index (χ4v) is 4.20. The maximum absolute atomic E-state index is 12.4. The van der Waals surface area contributed by atoms with Crippen molar-refractivity contribution in [2.24, 2.45) is 11.3 Å². The molecule has 2 saturated heterocycles. The van der Waals surface area contributed by atoms with Crippen LogP contribution in [0.2, 0.25) is 0 Å². The number of carbonyl (C=O) groups excluding carboxylic acids is 2. The van der Waals surface area contributed by atoms with Crippen LogP contribution in [0.1, 0.15) is 45.1 Å². The van der Waals surface area contributed by atoms with Crippen molar-refractivity contribution in [1.82, 2.24) is 14.8 Å². The van der Waals surface area contributed by atoms with Crippen LogP contribution in [0, 0.1) is 11.3 Å². The number of aliphatic hydroxyl groups is 1. The lowest BCUT2D eigenvalue weighted by Crippen LogP contribution is -2.54. The predicted octanol–water partition coefficient (Wildman–Crippen LogP) is 1.87. The first kappa shape index (κ1) is 19.8. The number of aromatic nitrogens is 1. The van der Waals surface area contributed by atoms with E-state index in [1.54, 1.807) is 11.1 Å². The highest BCUT2D eigenvalue weighted by Gasteiger charge is 2.42. The molecule has 0 radical (unpaired) electrons. The summed E-state index contributed by atoms with van der Waals surface area (Å²) in [6.07, 6.45) is 6.83. The number of nitrogens with zero attached hydrogens (tertiary/aromatic N) is 3. The SMILES string of the molecule is CC(C)[C@H](O)C(=O)N1CCC2(CCC(=O)N(CCc3cccnc3)C2)CC1. The van der Waals surface area contributed by atoms with Gasteiger partial charge in [0.1, 0.15) is 6.10 Å². The van der Waals surface area contributed by atoms with E-state index < -0.39 is 6.10 Å². The van der Waals surface area contributed by atoms with Gasteiger partial charge in [0.25, 0.3) is 5.91 Å². The van der Waals surface area contributed by atoms with Gasteiger partial charge in [0, 0.05) is 45.0 Å². The Morgan fingerprint density at radius 1 is 1.30 bits per heavy atom. The third kappa shape index (κ3) is 4.67. The van der Waals surface area contributed by atoms with Crippen molar-refractivity contribution in [3.05, 3.63) is 30.1 Å². The highest BCUT2D eigenvalue weighted by atomic mass is 16.3. The van der Waals surface area contributed by atoms with Crippen LogP contribution in [0.25, 0.3) is 0 Å². The second-order valence-electron chi connectivity index (χ2n) is 8.44. The fourth-order valence-electron chi connectivity index (χ4n) is 4.20. The maximum Gasteiger partial charge on any atom is 0.251 e. The number of amides is 2. The van der Waals surface area contributed by atoms with E-state index in [0.29, 0.717) is 19.5 Å². The largest absolute Gasteiger partial charge is 0.383 e. The molecule has 0 aliphatic carbocycles. The van der Waals surface area contributed by atoms with Crippen molar-refractivity contribution in [2.45, 2.75) is 52.1 Å². The van der Waals surface area contributed by atoms with Crippen LogP contribution in [0.4, 0.5) is 0 Å². The van der Waals surface area contributed by atoms with Gasteiger partial charge in [-0.25, -0.2) is 0 Å². The molecule has 1 spiro atoms. The molecule has 3 heterocycles. The highest BCUT2D eigenvalue weighted by Crippen LogP contribution is 2.40. The summed E-state index contributed by atoms with van der Waals surface area (Å²) in [5, 5.41) is 10.1. The average Bonchev–Trinajstić information content (AvgIpc) is 2.69. The van der Waals surface area contributed by atoms with Crippen LogP contribution in [-0.2, 0) is 16.0 Å². The molecule has 3 rings (SSSR count). The molecular formula is C21H31N3O3. The molecule has 1 aromatic rings. The Labute approximate surface area is 161 Å². The average molecular weight is 373 g/mol. The smallest absolute Gasteiger partial charge is 0.251 e. The van der Waals surface area contributed by atoms with Gasteiger partial charge < -0.3 is 14.9 Å². The highest BCUT2D eigenvalue weighted by molar-refractivity contribution is 5.81. The number of pyridine rings is 1. The molecule has 2 aliphatic heterocycles. The van der Waals surface area contributed by atoms with Gasteiger partial charge >= 0.3 is 0 Å². The Hall–Kier alpha value is -1.95. The zero-order valence-electron chi connectivity index (χ0n) is 16.4. The van der Waals surface area contributed by atoms with Crippen molar-refractivity contribution in [1.29, 1.82) is 0 Å². The lowest BCUT2D eigenvalue weighted by molar-refractivity contribution is -0.148. The number of carbonyl (C=O) groups is 2. The summed E-state index contributed by atoms with van der Waals surface area (Å²) in [4.78, 5) is 32.7. The minimum atomic E-state index is -0.914. The van der Waals surface area contributed by atoms with E-state index in [1.807, 2.05) is 37.1 Å². The van der Waals surface area contributed by atoms with E-state index in [0.717, 1.165) is 44.3 Å². The van der Waals surface area contributed by atoms with Crippen LogP contribution in [-0.4, -0.2) is 64.0 Å². The first-order valence-electron chi connectivity index (χ1n) is 10.0. The van der Waals surface area contributed by atoms with Crippen molar-refractivity contribution in [2.75, 3.05) is 26.2 Å². The number of hydrogen-bond acceptors (Lipinski definition) is 4. The molecule has 6 nitrogen and oxygen atoms in total. The normalized spacial score (nSPS) is 21.0. The topological polar surface area (TPSA) is 73.7 Å². The molecule has 1 aromatic heterocycles. The minimum absolute atomic E-state index is 0.0661. The monoisotopic (exact) mass is 373 g/mol. The Balaban J connectivity index is 1.56. The summed E-state index contributed by atoms with van der Waals surface area (Å²) in [5.41, 5.74) is 1.26. The molecule has 27 heavy (non-hydrogen) atoms. The van der Waals surface area contributed by atoms with Gasteiger partial charge in [-0.3, -0.25) is 14.6 Å². The maximum atomic E-state index is 12.4. The summed E-state index contributed by atoms with van der Waals surface area (Å²) in [7, 11) is 0. The Morgan fingerprint density at radius 3 is 2.67 bits per heavy atom. The molecule has 0 unspecified atom stereocenters. The van der Waals surface area contributed by atoms with Crippen molar-refractivity contribution in [3.8, 4) is 0 Å². The van der Waals surface area contributed by atoms with Gasteiger partial charge in [0.2, 0.25) is 5.91 Å². The van der Waals surface area contributed by atoms with E-state index in [-0.39, 0.29) is 23.1 Å². The van der Waals surface area contributed by atoms with Gasteiger partial charge in [0.15, 0.2) is 0 Å². The number of aliphatic hydroxyl groups excluding tert-OH is 1.